The number of anilines is 1. The van der Waals surface area contributed by atoms with E-state index in [1.165, 1.54) is 12.1 Å². The van der Waals surface area contributed by atoms with Crippen LogP contribution in [0.4, 0.5) is 18.9 Å². The minimum atomic E-state index is -4.61. The lowest BCUT2D eigenvalue weighted by Crippen LogP contribution is -2.22. The zero-order valence-corrected chi connectivity index (χ0v) is 14.8. The van der Waals surface area contributed by atoms with E-state index in [2.05, 4.69) is 10.3 Å². The minimum Gasteiger partial charge on any atom is -0.451 e. The third-order valence-electron chi connectivity index (χ3n) is 2.91. The molecule has 0 atom stereocenters. The lowest BCUT2D eigenvalue weighted by Gasteiger charge is -2.12. The van der Waals surface area contributed by atoms with Crippen molar-refractivity contribution >= 4 is 52.4 Å². The van der Waals surface area contributed by atoms with E-state index in [0.29, 0.717) is 6.07 Å². The van der Waals surface area contributed by atoms with Gasteiger partial charge in [0.05, 0.1) is 21.3 Å². The normalized spacial score (nSPS) is 11.2. The average molecular weight is 428 g/mol. The number of rotatable bonds is 4. The number of amides is 1. The van der Waals surface area contributed by atoms with Gasteiger partial charge in [0.25, 0.3) is 5.91 Å². The molecule has 1 aromatic heterocycles. The van der Waals surface area contributed by atoms with Gasteiger partial charge in [-0.1, -0.05) is 34.8 Å². The molecular weight excluding hydrogens is 420 g/mol. The van der Waals surface area contributed by atoms with Crippen molar-refractivity contribution in [3.8, 4) is 0 Å². The molecule has 0 unspecified atom stereocenters. The molecule has 1 N–H and O–H groups in total. The summed E-state index contributed by atoms with van der Waals surface area (Å²) in [4.78, 5) is 27.3. The summed E-state index contributed by atoms with van der Waals surface area (Å²) in [5.74, 6) is -1.93. The summed E-state index contributed by atoms with van der Waals surface area (Å²) in [6.07, 6.45) is -4.61. The number of hydrogen-bond donors (Lipinski definition) is 1. The molecule has 1 heterocycles. The summed E-state index contributed by atoms with van der Waals surface area (Å²) in [6.45, 7) is -0.796. The van der Waals surface area contributed by atoms with Crippen molar-refractivity contribution in [1.29, 1.82) is 0 Å². The molecule has 1 amide bonds. The van der Waals surface area contributed by atoms with E-state index in [-0.39, 0.29) is 26.6 Å². The summed E-state index contributed by atoms with van der Waals surface area (Å²) in [5.41, 5.74) is -1.57. The smallest absolute Gasteiger partial charge is 0.416 e. The Hall–Kier alpha value is -2.03. The molecule has 11 heteroatoms. The number of pyridine rings is 1. The van der Waals surface area contributed by atoms with Crippen LogP contribution in [0.5, 0.6) is 0 Å². The Balaban J connectivity index is 2.03. The van der Waals surface area contributed by atoms with Gasteiger partial charge < -0.3 is 10.1 Å². The van der Waals surface area contributed by atoms with Gasteiger partial charge in [-0.2, -0.15) is 13.2 Å². The van der Waals surface area contributed by atoms with E-state index in [0.717, 1.165) is 12.1 Å². The highest BCUT2D eigenvalue weighted by atomic mass is 35.5. The number of hydrogen-bond acceptors (Lipinski definition) is 4. The number of carbonyl (C=O) groups excluding carboxylic acids is 2. The molecule has 0 aliphatic rings. The second-order valence-electron chi connectivity index (χ2n) is 4.78. The topological polar surface area (TPSA) is 68.3 Å². The van der Waals surface area contributed by atoms with Crippen molar-refractivity contribution in [2.24, 2.45) is 0 Å². The zero-order chi connectivity index (χ0) is 19.5. The first-order valence-corrected chi connectivity index (χ1v) is 7.87. The van der Waals surface area contributed by atoms with Crippen LogP contribution < -0.4 is 5.32 Å². The van der Waals surface area contributed by atoms with Gasteiger partial charge in [-0.25, -0.2) is 9.78 Å². The molecule has 0 saturated carbocycles. The van der Waals surface area contributed by atoms with Crippen LogP contribution in [-0.2, 0) is 15.7 Å². The molecule has 0 spiro atoms. The first-order chi connectivity index (χ1) is 12.1. The van der Waals surface area contributed by atoms with Crippen LogP contribution in [0.1, 0.15) is 16.1 Å². The highest BCUT2D eigenvalue weighted by Crippen LogP contribution is 2.33. The fourth-order valence-electron chi connectivity index (χ4n) is 1.74. The number of carbonyl (C=O) groups is 2. The minimum absolute atomic E-state index is 0.0125. The molecule has 26 heavy (non-hydrogen) atoms. The van der Waals surface area contributed by atoms with Crippen molar-refractivity contribution in [2.75, 3.05) is 11.9 Å². The molecule has 2 rings (SSSR count). The molecule has 0 aliphatic heterocycles. The molecule has 0 aliphatic carbocycles. The Kier molecular flexibility index (Phi) is 6.33. The molecule has 0 saturated heterocycles. The standard InChI is InChI=1S/C15H8Cl3F3N2O3/c16-8-2-1-7(15(19,20)21)5-10(8)22-12(24)6-26-14(25)13-9(17)3-4-11(18)23-13/h1-5H,6H2,(H,22,24). The Labute approximate surface area is 160 Å². The summed E-state index contributed by atoms with van der Waals surface area (Å²) in [6, 6.07) is 5.09. The highest BCUT2D eigenvalue weighted by molar-refractivity contribution is 6.34. The van der Waals surface area contributed by atoms with Gasteiger partial charge in [0, 0.05) is 0 Å². The Bertz CT molecular complexity index is 860. The van der Waals surface area contributed by atoms with Crippen LogP contribution in [0, 0.1) is 0 Å². The predicted octanol–water partition coefficient (Wildman–Crippen LogP) is 4.86. The summed E-state index contributed by atoms with van der Waals surface area (Å²) < 4.78 is 42.8. The van der Waals surface area contributed by atoms with Gasteiger partial charge in [-0.15, -0.1) is 0 Å². The van der Waals surface area contributed by atoms with Crippen molar-refractivity contribution < 1.29 is 27.5 Å². The number of alkyl halides is 3. The van der Waals surface area contributed by atoms with Gasteiger partial charge in [-0.05, 0) is 30.3 Å². The summed E-state index contributed by atoms with van der Waals surface area (Å²) in [5, 5.41) is 1.96. The first kappa shape index (κ1) is 20.3. The molecule has 1 aromatic carbocycles. The lowest BCUT2D eigenvalue weighted by molar-refractivity contribution is -0.137. The Morgan fingerprint density at radius 2 is 1.73 bits per heavy atom. The molecule has 138 valence electrons. The van der Waals surface area contributed by atoms with Gasteiger partial charge in [0.15, 0.2) is 12.3 Å². The lowest BCUT2D eigenvalue weighted by atomic mass is 10.2. The second kappa shape index (κ2) is 8.11. The maximum Gasteiger partial charge on any atom is 0.416 e. The third-order valence-corrected chi connectivity index (χ3v) is 3.75. The number of nitrogens with zero attached hydrogens (tertiary/aromatic N) is 1. The van der Waals surface area contributed by atoms with Gasteiger partial charge in [0.1, 0.15) is 5.15 Å². The Morgan fingerprint density at radius 3 is 2.38 bits per heavy atom. The number of esters is 1. The predicted molar refractivity (Wildman–Crippen MR) is 89.6 cm³/mol. The maximum absolute atomic E-state index is 12.7. The number of nitrogens with one attached hydrogen (secondary N) is 1. The van der Waals surface area contributed by atoms with Crippen LogP contribution in [0.25, 0.3) is 0 Å². The Morgan fingerprint density at radius 1 is 1.08 bits per heavy atom. The van der Waals surface area contributed by atoms with Crippen LogP contribution in [0.3, 0.4) is 0 Å². The van der Waals surface area contributed by atoms with Crippen molar-refractivity contribution in [1.82, 2.24) is 4.98 Å². The number of aromatic nitrogens is 1. The van der Waals surface area contributed by atoms with Crippen LogP contribution >= 0.6 is 34.8 Å². The van der Waals surface area contributed by atoms with Crippen LogP contribution in [-0.4, -0.2) is 23.5 Å². The van der Waals surface area contributed by atoms with E-state index < -0.39 is 30.2 Å². The van der Waals surface area contributed by atoms with Crippen molar-refractivity contribution in [3.05, 3.63) is 56.8 Å². The van der Waals surface area contributed by atoms with E-state index in [1.807, 2.05) is 0 Å². The fraction of sp³-hybridized carbons (Fsp3) is 0.133. The van der Waals surface area contributed by atoms with Gasteiger partial charge in [-0.3, -0.25) is 4.79 Å². The second-order valence-corrected chi connectivity index (χ2v) is 5.98. The molecule has 0 bridgehead atoms. The quantitative estimate of drug-likeness (QED) is 0.559. The van der Waals surface area contributed by atoms with Crippen molar-refractivity contribution in [2.45, 2.75) is 6.18 Å². The van der Waals surface area contributed by atoms with Crippen LogP contribution in [0.15, 0.2) is 30.3 Å². The number of ether oxygens (including phenoxy) is 1. The molecule has 0 fully saturated rings. The van der Waals surface area contributed by atoms with Gasteiger partial charge in [0.2, 0.25) is 0 Å². The molecule has 5 nitrogen and oxygen atoms in total. The highest BCUT2D eigenvalue weighted by Gasteiger charge is 2.31. The third kappa shape index (κ3) is 5.23. The molecule has 0 radical (unpaired) electrons. The number of halogens is 6. The SMILES string of the molecule is O=C(COC(=O)c1nc(Cl)ccc1Cl)Nc1cc(C(F)(F)F)ccc1Cl. The first-order valence-electron chi connectivity index (χ1n) is 6.73. The molecular formula is C15H8Cl3F3N2O3. The van der Waals surface area contributed by atoms with E-state index >= 15 is 0 Å². The van der Waals surface area contributed by atoms with Gasteiger partial charge >= 0.3 is 12.1 Å². The zero-order valence-electron chi connectivity index (χ0n) is 12.5. The van der Waals surface area contributed by atoms with Crippen molar-refractivity contribution in [3.63, 3.8) is 0 Å². The summed E-state index contributed by atoms with van der Waals surface area (Å²) >= 11 is 17.2. The molecule has 2 aromatic rings. The average Bonchev–Trinajstić information content (AvgIpc) is 2.55. The van der Waals surface area contributed by atoms with E-state index in [9.17, 15) is 22.8 Å². The number of benzene rings is 1. The maximum atomic E-state index is 12.7. The monoisotopic (exact) mass is 426 g/mol. The largest absolute Gasteiger partial charge is 0.451 e. The van der Waals surface area contributed by atoms with E-state index in [1.54, 1.807) is 0 Å². The summed E-state index contributed by atoms with van der Waals surface area (Å²) in [7, 11) is 0. The van der Waals surface area contributed by atoms with E-state index in [4.69, 9.17) is 39.5 Å². The van der Waals surface area contributed by atoms with Crippen LogP contribution in [0.2, 0.25) is 15.2 Å². The fourth-order valence-corrected chi connectivity index (χ4v) is 2.24.